The molecule has 6 heteroatoms. The van der Waals surface area contributed by atoms with E-state index in [1.54, 1.807) is 18.3 Å². The van der Waals surface area contributed by atoms with Crippen molar-refractivity contribution in [3.63, 3.8) is 0 Å². The first-order valence-electron chi connectivity index (χ1n) is 8.05. The zero-order valence-corrected chi connectivity index (χ0v) is 15.1. The van der Waals surface area contributed by atoms with Crippen LogP contribution in [0.4, 0.5) is 5.69 Å². The maximum atomic E-state index is 11.8. The summed E-state index contributed by atoms with van der Waals surface area (Å²) < 4.78 is 11.6. The van der Waals surface area contributed by atoms with Crippen molar-refractivity contribution in [2.75, 3.05) is 25.6 Å². The summed E-state index contributed by atoms with van der Waals surface area (Å²) >= 11 is 1.61. The average Bonchev–Trinajstić information content (AvgIpc) is 3.23. The fraction of sp³-hybridized carbons (Fsp3) is 0.444. The van der Waals surface area contributed by atoms with Crippen LogP contribution in [-0.4, -0.2) is 31.5 Å². The van der Waals surface area contributed by atoms with Crippen molar-refractivity contribution in [2.24, 2.45) is 0 Å². The zero-order valence-electron chi connectivity index (χ0n) is 14.2. The molecule has 0 bridgehead atoms. The van der Waals surface area contributed by atoms with E-state index in [0.29, 0.717) is 17.9 Å². The van der Waals surface area contributed by atoms with E-state index in [4.69, 9.17) is 9.47 Å². The minimum Gasteiger partial charge on any atom is -0.486 e. The lowest BCUT2D eigenvalue weighted by molar-refractivity contribution is 0.101. The van der Waals surface area contributed by atoms with Crippen LogP contribution in [-0.2, 0) is 11.3 Å². The molecule has 1 aromatic carbocycles. The third-order valence-electron chi connectivity index (χ3n) is 4.01. The van der Waals surface area contributed by atoms with Crippen molar-refractivity contribution >= 4 is 22.8 Å². The van der Waals surface area contributed by atoms with Gasteiger partial charge < -0.3 is 14.4 Å². The van der Waals surface area contributed by atoms with Crippen LogP contribution in [0, 0.1) is 0 Å². The van der Waals surface area contributed by atoms with E-state index < -0.39 is 0 Å². The molecule has 1 aliphatic heterocycles. The molecule has 0 saturated carbocycles. The summed E-state index contributed by atoms with van der Waals surface area (Å²) in [5.74, 6) is 0.592. The van der Waals surface area contributed by atoms with E-state index in [-0.39, 0.29) is 11.9 Å². The van der Waals surface area contributed by atoms with Crippen LogP contribution in [0.15, 0.2) is 23.6 Å². The van der Waals surface area contributed by atoms with E-state index in [2.05, 4.69) is 4.98 Å². The fourth-order valence-electron chi connectivity index (χ4n) is 2.66. The maximum absolute atomic E-state index is 11.8. The number of hydrogen-bond acceptors (Lipinski definition) is 6. The molecule has 3 rings (SSSR count). The highest BCUT2D eigenvalue weighted by molar-refractivity contribution is 7.09. The molecule has 0 N–H and O–H groups in total. The highest BCUT2D eigenvalue weighted by Crippen LogP contribution is 2.31. The smallest absolute Gasteiger partial charge is 0.163 e. The maximum Gasteiger partial charge on any atom is 0.163 e. The highest BCUT2D eigenvalue weighted by Gasteiger charge is 2.21. The third-order valence-corrected chi connectivity index (χ3v) is 5.00. The standard InChI is InChI=1S/C18H22N2O3S/c1-12(21)15-7-6-14(20(2)3)9-17(15)23-10-13-11-24-18(19-13)16-5-4-8-22-16/h6-7,9,11,16H,4-5,8,10H2,1-3H3. The van der Waals surface area contributed by atoms with Crippen molar-refractivity contribution in [2.45, 2.75) is 32.5 Å². The number of ketones is 1. The Balaban J connectivity index is 1.73. The number of anilines is 1. The number of rotatable bonds is 6. The second-order valence-electron chi connectivity index (χ2n) is 6.10. The zero-order chi connectivity index (χ0) is 17.1. The van der Waals surface area contributed by atoms with E-state index in [1.165, 1.54) is 0 Å². The van der Waals surface area contributed by atoms with Crippen LogP contribution >= 0.6 is 11.3 Å². The lowest BCUT2D eigenvalue weighted by atomic mass is 10.1. The molecule has 5 nitrogen and oxygen atoms in total. The average molecular weight is 346 g/mol. The fourth-order valence-corrected chi connectivity index (χ4v) is 3.55. The topological polar surface area (TPSA) is 51.7 Å². The Morgan fingerprint density at radius 2 is 2.29 bits per heavy atom. The molecule has 1 aliphatic rings. The predicted molar refractivity (Wildman–Crippen MR) is 95.1 cm³/mol. The van der Waals surface area contributed by atoms with Gasteiger partial charge in [0, 0.05) is 37.8 Å². The number of aromatic nitrogens is 1. The lowest BCUT2D eigenvalue weighted by Gasteiger charge is -2.16. The van der Waals surface area contributed by atoms with Gasteiger partial charge in [0.15, 0.2) is 5.78 Å². The molecule has 0 aliphatic carbocycles. The van der Waals surface area contributed by atoms with Gasteiger partial charge >= 0.3 is 0 Å². The number of nitrogens with zero attached hydrogens (tertiary/aromatic N) is 2. The van der Waals surface area contributed by atoms with Crippen molar-refractivity contribution in [3.05, 3.63) is 39.8 Å². The van der Waals surface area contributed by atoms with Gasteiger partial charge in [0.05, 0.1) is 11.3 Å². The Morgan fingerprint density at radius 3 is 2.96 bits per heavy atom. The van der Waals surface area contributed by atoms with Crippen LogP contribution in [0.1, 0.15) is 46.9 Å². The summed E-state index contributed by atoms with van der Waals surface area (Å²) in [6.45, 7) is 2.71. The Labute approximate surface area is 146 Å². The van der Waals surface area contributed by atoms with Crippen molar-refractivity contribution in [1.29, 1.82) is 0 Å². The van der Waals surface area contributed by atoms with Crippen LogP contribution in [0.25, 0.3) is 0 Å². The van der Waals surface area contributed by atoms with E-state index in [9.17, 15) is 4.79 Å². The van der Waals surface area contributed by atoms with E-state index in [1.807, 2.05) is 42.6 Å². The molecule has 1 fully saturated rings. The lowest BCUT2D eigenvalue weighted by Crippen LogP contribution is -2.10. The van der Waals surface area contributed by atoms with E-state index in [0.717, 1.165) is 35.8 Å². The number of carbonyl (C=O) groups is 1. The molecule has 128 valence electrons. The van der Waals surface area contributed by atoms with Crippen LogP contribution in [0.2, 0.25) is 0 Å². The Kier molecular flexibility index (Phi) is 5.16. The van der Waals surface area contributed by atoms with Gasteiger partial charge in [-0.2, -0.15) is 0 Å². The summed E-state index contributed by atoms with van der Waals surface area (Å²) in [5, 5.41) is 3.01. The minimum atomic E-state index is -0.00590. The van der Waals surface area contributed by atoms with Gasteiger partial charge in [0.2, 0.25) is 0 Å². The number of hydrogen-bond donors (Lipinski definition) is 0. The van der Waals surface area contributed by atoms with Crippen molar-refractivity contribution in [1.82, 2.24) is 4.98 Å². The second kappa shape index (κ2) is 7.32. The normalized spacial score (nSPS) is 17.0. The number of ether oxygens (including phenoxy) is 2. The van der Waals surface area contributed by atoms with Crippen molar-refractivity contribution < 1.29 is 14.3 Å². The van der Waals surface area contributed by atoms with Crippen LogP contribution in [0.5, 0.6) is 5.75 Å². The SMILES string of the molecule is CC(=O)c1ccc(N(C)C)cc1OCc1csc(C2CCCO2)n1. The molecule has 1 saturated heterocycles. The second-order valence-corrected chi connectivity index (χ2v) is 6.99. The molecular weight excluding hydrogens is 324 g/mol. The van der Waals surface area contributed by atoms with Gasteiger partial charge in [-0.15, -0.1) is 11.3 Å². The Hall–Kier alpha value is -1.92. The molecule has 2 aromatic rings. The summed E-state index contributed by atoms with van der Waals surface area (Å²) in [7, 11) is 3.92. The number of carbonyl (C=O) groups excluding carboxylic acids is 1. The molecule has 0 amide bonds. The van der Waals surface area contributed by atoms with Gasteiger partial charge in [-0.1, -0.05) is 0 Å². The summed E-state index contributed by atoms with van der Waals surface area (Å²) in [5.41, 5.74) is 2.46. The Bertz CT molecular complexity index is 721. The Morgan fingerprint density at radius 1 is 1.46 bits per heavy atom. The number of benzene rings is 1. The molecule has 1 atom stereocenters. The van der Waals surface area contributed by atoms with E-state index >= 15 is 0 Å². The summed E-state index contributed by atoms with van der Waals surface area (Å²) in [6, 6.07) is 5.62. The van der Waals surface area contributed by atoms with Gasteiger partial charge in [-0.25, -0.2) is 4.98 Å². The molecule has 1 unspecified atom stereocenters. The van der Waals surface area contributed by atoms with Gasteiger partial charge in [-0.05, 0) is 31.9 Å². The van der Waals surface area contributed by atoms with Crippen LogP contribution < -0.4 is 9.64 Å². The van der Waals surface area contributed by atoms with Crippen molar-refractivity contribution in [3.8, 4) is 5.75 Å². The van der Waals surface area contributed by atoms with Gasteiger partial charge in [0.1, 0.15) is 23.5 Å². The quantitative estimate of drug-likeness (QED) is 0.744. The molecule has 2 heterocycles. The first kappa shape index (κ1) is 16.9. The molecule has 24 heavy (non-hydrogen) atoms. The van der Waals surface area contributed by atoms with Gasteiger partial charge in [0.25, 0.3) is 0 Å². The summed E-state index contributed by atoms with van der Waals surface area (Å²) in [4.78, 5) is 18.4. The largest absolute Gasteiger partial charge is 0.486 e. The number of Topliss-reactive ketones (excluding diaryl/α,β-unsaturated/α-hetero) is 1. The van der Waals surface area contributed by atoms with Crippen LogP contribution in [0.3, 0.4) is 0 Å². The first-order valence-corrected chi connectivity index (χ1v) is 8.93. The molecule has 1 aromatic heterocycles. The summed E-state index contributed by atoms with van der Waals surface area (Å²) in [6.07, 6.45) is 2.26. The molecule has 0 radical (unpaired) electrons. The number of thiazole rings is 1. The molecular formula is C18H22N2O3S. The monoisotopic (exact) mass is 346 g/mol. The molecule has 0 spiro atoms. The predicted octanol–water partition coefficient (Wildman–Crippen LogP) is 3.84. The third kappa shape index (κ3) is 3.76. The minimum absolute atomic E-state index is 0.00590. The highest BCUT2D eigenvalue weighted by atomic mass is 32.1. The van der Waals surface area contributed by atoms with Gasteiger partial charge in [-0.3, -0.25) is 4.79 Å². The first-order chi connectivity index (χ1) is 11.5.